The summed E-state index contributed by atoms with van der Waals surface area (Å²) >= 11 is 3.31. The van der Waals surface area contributed by atoms with Crippen molar-refractivity contribution in [2.45, 2.75) is 13.5 Å². The molecule has 1 N–H and O–H groups in total. The number of rotatable bonds is 6. The van der Waals surface area contributed by atoms with Crippen LogP contribution in [0.25, 0.3) is 5.69 Å². The second-order valence-electron chi connectivity index (χ2n) is 5.90. The first-order chi connectivity index (χ1) is 13.5. The van der Waals surface area contributed by atoms with Gasteiger partial charge in [-0.3, -0.25) is 14.8 Å². The maximum absolute atomic E-state index is 12.6. The van der Waals surface area contributed by atoms with E-state index in [0.29, 0.717) is 22.5 Å². The minimum Gasteiger partial charge on any atom is -0.494 e. The van der Waals surface area contributed by atoms with Gasteiger partial charge in [-0.1, -0.05) is 18.2 Å². The van der Waals surface area contributed by atoms with E-state index in [2.05, 4.69) is 21.2 Å². The molecule has 0 aliphatic rings. The smallest absolute Gasteiger partial charge is 0.412 e. The number of nitrogens with one attached hydrogen (secondary N) is 1. The highest BCUT2D eigenvalue weighted by atomic mass is 79.9. The maximum Gasteiger partial charge on any atom is 0.412 e. The van der Waals surface area contributed by atoms with Crippen LogP contribution in [0.5, 0.6) is 5.75 Å². The Morgan fingerprint density at radius 1 is 1.11 bits per heavy atom. The SMILES string of the molecule is CCOc1ccc(NC(=O)OCc2c(Br)c(=O)n(-c3ccccc3)n2C)cc1. The molecule has 8 heteroatoms. The van der Waals surface area contributed by atoms with E-state index in [1.165, 1.54) is 4.68 Å². The Labute approximate surface area is 170 Å². The molecule has 1 amide bonds. The Hall–Kier alpha value is -3.00. The summed E-state index contributed by atoms with van der Waals surface area (Å²) < 4.78 is 14.2. The summed E-state index contributed by atoms with van der Waals surface area (Å²) in [6.07, 6.45) is -0.615. The van der Waals surface area contributed by atoms with E-state index < -0.39 is 6.09 Å². The Kier molecular flexibility index (Phi) is 6.20. The second kappa shape index (κ2) is 8.79. The number of ether oxygens (including phenoxy) is 2. The molecule has 0 bridgehead atoms. The Bertz CT molecular complexity index is 1010. The van der Waals surface area contributed by atoms with Crippen LogP contribution in [0.4, 0.5) is 10.5 Å². The first-order valence-electron chi connectivity index (χ1n) is 8.69. The van der Waals surface area contributed by atoms with Gasteiger partial charge in [-0.25, -0.2) is 9.48 Å². The lowest BCUT2D eigenvalue weighted by Crippen LogP contribution is -2.20. The zero-order chi connectivity index (χ0) is 20.1. The van der Waals surface area contributed by atoms with Crippen molar-refractivity contribution in [3.05, 3.63) is 75.1 Å². The van der Waals surface area contributed by atoms with Gasteiger partial charge in [0.2, 0.25) is 0 Å². The van der Waals surface area contributed by atoms with E-state index in [-0.39, 0.29) is 12.2 Å². The van der Waals surface area contributed by atoms with Gasteiger partial charge >= 0.3 is 6.09 Å². The van der Waals surface area contributed by atoms with Crippen molar-refractivity contribution >= 4 is 27.7 Å². The molecule has 2 aromatic carbocycles. The van der Waals surface area contributed by atoms with Crippen molar-refractivity contribution in [3.63, 3.8) is 0 Å². The van der Waals surface area contributed by atoms with E-state index in [1.807, 2.05) is 37.3 Å². The molecule has 0 radical (unpaired) electrons. The van der Waals surface area contributed by atoms with Gasteiger partial charge < -0.3 is 9.47 Å². The fourth-order valence-electron chi connectivity index (χ4n) is 2.72. The molecule has 1 aromatic heterocycles. The summed E-state index contributed by atoms with van der Waals surface area (Å²) in [7, 11) is 1.74. The normalized spacial score (nSPS) is 10.5. The molecule has 0 spiro atoms. The van der Waals surface area contributed by atoms with E-state index >= 15 is 0 Å². The van der Waals surface area contributed by atoms with Gasteiger partial charge in [0.25, 0.3) is 5.56 Å². The summed E-state index contributed by atoms with van der Waals surface area (Å²) in [5, 5.41) is 2.65. The number of benzene rings is 2. The van der Waals surface area contributed by atoms with Crippen molar-refractivity contribution in [2.75, 3.05) is 11.9 Å². The highest BCUT2D eigenvalue weighted by Crippen LogP contribution is 2.18. The molecule has 0 aliphatic heterocycles. The highest BCUT2D eigenvalue weighted by Gasteiger charge is 2.18. The zero-order valence-corrected chi connectivity index (χ0v) is 17.1. The van der Waals surface area contributed by atoms with Crippen LogP contribution < -0.4 is 15.6 Å². The lowest BCUT2D eigenvalue weighted by atomic mass is 10.3. The zero-order valence-electron chi connectivity index (χ0n) is 15.5. The van der Waals surface area contributed by atoms with Crippen molar-refractivity contribution in [2.24, 2.45) is 7.05 Å². The van der Waals surface area contributed by atoms with Crippen LogP contribution in [0.3, 0.4) is 0 Å². The average Bonchev–Trinajstić information content (AvgIpc) is 2.91. The van der Waals surface area contributed by atoms with Crippen LogP contribution in [0, 0.1) is 0 Å². The molecule has 7 nitrogen and oxygen atoms in total. The summed E-state index contributed by atoms with van der Waals surface area (Å²) in [4.78, 5) is 24.7. The first-order valence-corrected chi connectivity index (χ1v) is 9.49. The van der Waals surface area contributed by atoms with E-state index in [9.17, 15) is 9.59 Å². The third-order valence-electron chi connectivity index (χ3n) is 4.08. The number of anilines is 1. The first kappa shape index (κ1) is 19.8. The van der Waals surface area contributed by atoms with Crippen molar-refractivity contribution in [1.82, 2.24) is 9.36 Å². The summed E-state index contributed by atoms with van der Waals surface area (Å²) in [6, 6.07) is 16.2. The number of para-hydroxylation sites is 1. The molecule has 3 rings (SSSR count). The molecule has 0 aliphatic carbocycles. The summed E-state index contributed by atoms with van der Waals surface area (Å²) in [5.74, 6) is 0.725. The lowest BCUT2D eigenvalue weighted by molar-refractivity contribution is 0.151. The number of aromatic nitrogens is 2. The van der Waals surface area contributed by atoms with Crippen molar-refractivity contribution in [1.29, 1.82) is 0 Å². The van der Waals surface area contributed by atoms with E-state index in [0.717, 1.165) is 11.4 Å². The number of carbonyl (C=O) groups is 1. The number of carbonyl (C=O) groups excluding carboxylic acids is 1. The topological polar surface area (TPSA) is 74.5 Å². The van der Waals surface area contributed by atoms with Crippen LogP contribution in [-0.2, 0) is 18.4 Å². The molecule has 1 heterocycles. The molecule has 0 saturated heterocycles. The molecule has 0 fully saturated rings. The number of amides is 1. The lowest BCUT2D eigenvalue weighted by Gasteiger charge is -2.11. The van der Waals surface area contributed by atoms with Crippen LogP contribution in [-0.4, -0.2) is 22.1 Å². The largest absolute Gasteiger partial charge is 0.494 e. The fourth-order valence-corrected chi connectivity index (χ4v) is 3.26. The quantitative estimate of drug-likeness (QED) is 0.619. The molecule has 0 saturated carbocycles. The fraction of sp³-hybridized carbons (Fsp3) is 0.200. The third-order valence-corrected chi connectivity index (χ3v) is 4.87. The number of halogens is 1. The van der Waals surface area contributed by atoms with Gasteiger partial charge in [0.15, 0.2) is 0 Å². The van der Waals surface area contributed by atoms with Crippen LogP contribution >= 0.6 is 15.9 Å². The van der Waals surface area contributed by atoms with Gasteiger partial charge in [0, 0.05) is 12.7 Å². The van der Waals surface area contributed by atoms with Crippen LogP contribution in [0.15, 0.2) is 63.9 Å². The maximum atomic E-state index is 12.6. The average molecular weight is 446 g/mol. The monoisotopic (exact) mass is 445 g/mol. The molecule has 3 aromatic rings. The minimum atomic E-state index is -0.615. The van der Waals surface area contributed by atoms with Crippen molar-refractivity contribution < 1.29 is 14.3 Å². The summed E-state index contributed by atoms with van der Waals surface area (Å²) in [5.41, 5.74) is 1.64. The predicted molar refractivity (Wildman–Crippen MR) is 110 cm³/mol. The molecule has 28 heavy (non-hydrogen) atoms. The molecular weight excluding hydrogens is 426 g/mol. The number of hydrogen-bond acceptors (Lipinski definition) is 4. The van der Waals surface area contributed by atoms with Gasteiger partial charge in [0.1, 0.15) is 16.8 Å². The van der Waals surface area contributed by atoms with Crippen molar-refractivity contribution in [3.8, 4) is 11.4 Å². The predicted octanol–water partition coefficient (Wildman–Crippen LogP) is 4.09. The van der Waals surface area contributed by atoms with Gasteiger partial charge in [0.05, 0.1) is 18.0 Å². The molecular formula is C20H20BrN3O4. The van der Waals surface area contributed by atoms with Crippen LogP contribution in [0.2, 0.25) is 0 Å². The minimum absolute atomic E-state index is 0.0605. The van der Waals surface area contributed by atoms with Gasteiger partial charge in [-0.2, -0.15) is 0 Å². The van der Waals surface area contributed by atoms with Gasteiger partial charge in [-0.05, 0) is 59.3 Å². The molecule has 0 atom stereocenters. The van der Waals surface area contributed by atoms with E-state index in [1.54, 1.807) is 36.0 Å². The number of nitrogens with zero attached hydrogens (tertiary/aromatic N) is 2. The Balaban J connectivity index is 1.69. The Morgan fingerprint density at radius 2 is 1.79 bits per heavy atom. The van der Waals surface area contributed by atoms with Gasteiger partial charge in [-0.15, -0.1) is 0 Å². The number of hydrogen-bond donors (Lipinski definition) is 1. The van der Waals surface area contributed by atoms with Crippen LogP contribution in [0.1, 0.15) is 12.6 Å². The molecule has 0 unspecified atom stereocenters. The summed E-state index contributed by atoms with van der Waals surface area (Å²) in [6.45, 7) is 2.42. The second-order valence-corrected chi connectivity index (χ2v) is 6.69. The standard InChI is InChI=1S/C20H20BrN3O4/c1-3-27-16-11-9-14(10-12-16)22-20(26)28-13-17-18(21)19(25)24(23(17)2)15-7-5-4-6-8-15/h4-12H,3,13H2,1-2H3,(H,22,26). The van der Waals surface area contributed by atoms with E-state index in [4.69, 9.17) is 9.47 Å². The highest BCUT2D eigenvalue weighted by molar-refractivity contribution is 9.10. The molecule has 146 valence electrons. The third kappa shape index (κ3) is 4.28. The Morgan fingerprint density at radius 3 is 2.43 bits per heavy atom.